The van der Waals surface area contributed by atoms with E-state index >= 15 is 19.2 Å². The molecular weight excluding hydrogens is 1450 g/mol. The van der Waals surface area contributed by atoms with E-state index in [4.69, 9.17) is 11.5 Å². The van der Waals surface area contributed by atoms with Crippen LogP contribution in [-0.4, -0.2) is 226 Å². The molecule has 1 aliphatic rings. The number of nitrogens with zero attached hydrogens (tertiary/aromatic N) is 2. The molecule has 34 nitrogen and oxygen atoms in total. The Morgan fingerprint density at radius 2 is 0.899 bits per heavy atom. The molecule has 11 amide bonds. The lowest BCUT2D eigenvalue weighted by Crippen LogP contribution is -2.63. The van der Waals surface area contributed by atoms with E-state index in [1.807, 2.05) is 0 Å². The van der Waals surface area contributed by atoms with Crippen LogP contribution in [0.25, 0.3) is 10.9 Å². The molecule has 1 aliphatic heterocycles. The standard InChI is InChI=1S/C73H92N18O16S2/c1-40(93)60-71(104)87-54(28-44-20-10-5-11-21-44)69(102)91-61(41(2)94)72(105)88-58(36-92)70(103)89-59(73(106)107)38-109-108-37-49(75)62(95)82-57(31-47-35-76-39-78-47)68(101)85-55(29-45-32-79-80-33-45)66(99)84-52(26-42-16-6-3-7-17-42)64(97)83-53(27-43-18-8-4-9-19-43)65(98)86-56(30-46-34-77-50-23-13-12-22-48(46)50)67(100)81-51(63(96)90-60)24-14-15-25-74/h3-13,16-23,32-35,39-41,49,51-61,77,92-94H,14-15,24-31,36-38,74-75H2,1-2H3,(H,76,78)(H,79,80)(H,81,100)(H,82,95)(H,83,97)(H,84,99)(H,85,101)(H,86,98)(H,87,104)(H,88,105)(H,89,103)(H,90,96)(H,91,102)(H,106,107). The summed E-state index contributed by atoms with van der Waals surface area (Å²) in [5.41, 5.74) is 15.8. The van der Waals surface area contributed by atoms with Gasteiger partial charge in [0.25, 0.3) is 0 Å². The molecule has 3 aromatic heterocycles. The Morgan fingerprint density at radius 3 is 1.37 bits per heavy atom. The number of unbranched alkanes of at least 4 members (excludes halogenated alkanes) is 1. The summed E-state index contributed by atoms with van der Waals surface area (Å²) >= 11 is 0. The van der Waals surface area contributed by atoms with Gasteiger partial charge in [0.15, 0.2) is 0 Å². The van der Waals surface area contributed by atoms with Crippen LogP contribution in [-0.2, 0) is 96.1 Å². The maximum atomic E-state index is 15.4. The van der Waals surface area contributed by atoms with E-state index in [0.29, 0.717) is 50.8 Å². The number of rotatable bonds is 20. The number of aliphatic hydroxyl groups is 3. The van der Waals surface area contributed by atoms with Crippen LogP contribution in [0, 0.1) is 0 Å². The highest BCUT2D eigenvalue weighted by molar-refractivity contribution is 8.76. The maximum Gasteiger partial charge on any atom is 0.327 e. The predicted octanol–water partition coefficient (Wildman–Crippen LogP) is -2.61. The molecule has 14 atom stereocenters. The fourth-order valence-electron chi connectivity index (χ4n) is 11.8. The van der Waals surface area contributed by atoms with Crippen molar-refractivity contribution in [3.05, 3.63) is 180 Å². The fraction of sp³-hybridized carbons (Fsp3) is 0.397. The number of hydrogen-bond acceptors (Lipinski definition) is 21. The van der Waals surface area contributed by atoms with Gasteiger partial charge in [0.2, 0.25) is 65.0 Å². The average molecular weight is 1540 g/mol. The number of para-hydroxylation sites is 1. The van der Waals surface area contributed by atoms with Crippen molar-refractivity contribution in [2.45, 2.75) is 156 Å². The van der Waals surface area contributed by atoms with Crippen LogP contribution >= 0.6 is 21.6 Å². The van der Waals surface area contributed by atoms with Gasteiger partial charge in [-0.1, -0.05) is 131 Å². The Kier molecular flexibility index (Phi) is 32.2. The summed E-state index contributed by atoms with van der Waals surface area (Å²) < 4.78 is 0. The monoisotopic (exact) mass is 1540 g/mol. The molecule has 109 heavy (non-hydrogen) atoms. The second kappa shape index (κ2) is 41.9. The summed E-state index contributed by atoms with van der Waals surface area (Å²) in [4.78, 5) is 184. The normalized spacial score (nSPS) is 24.3. The van der Waals surface area contributed by atoms with Crippen molar-refractivity contribution in [2.75, 3.05) is 24.7 Å². The summed E-state index contributed by atoms with van der Waals surface area (Å²) in [5, 5.41) is 78.7. The van der Waals surface area contributed by atoms with Gasteiger partial charge in [-0.3, -0.25) is 57.8 Å². The second-order valence-electron chi connectivity index (χ2n) is 26.2. The van der Waals surface area contributed by atoms with Gasteiger partial charge >= 0.3 is 5.97 Å². The van der Waals surface area contributed by atoms with Crippen LogP contribution in [0.3, 0.4) is 0 Å². The highest BCUT2D eigenvalue weighted by atomic mass is 33.1. The summed E-state index contributed by atoms with van der Waals surface area (Å²) in [6.07, 6.45) is 2.88. The van der Waals surface area contributed by atoms with E-state index in [9.17, 15) is 58.8 Å². The smallest absolute Gasteiger partial charge is 0.327 e. The first-order valence-corrected chi connectivity index (χ1v) is 37.7. The Hall–Kier alpha value is -11.0. The van der Waals surface area contributed by atoms with Crippen LogP contribution in [0.15, 0.2) is 146 Å². The number of aromatic nitrogens is 5. The number of aliphatic hydroxyl groups excluding tert-OH is 3. The van der Waals surface area contributed by atoms with Crippen molar-refractivity contribution in [2.24, 2.45) is 11.5 Å². The zero-order chi connectivity index (χ0) is 78.5. The molecule has 0 spiro atoms. The molecule has 0 aliphatic carbocycles. The van der Waals surface area contributed by atoms with Crippen molar-refractivity contribution in [1.29, 1.82) is 0 Å². The quantitative estimate of drug-likeness (QED) is 0.0275. The number of carbonyl (C=O) groups is 12. The molecule has 0 bridgehead atoms. The van der Waals surface area contributed by atoms with Crippen molar-refractivity contribution < 1.29 is 78.0 Å². The number of hydrogen-bond donors (Lipinski definition) is 20. The third-order valence-corrected chi connectivity index (χ3v) is 20.2. The lowest BCUT2D eigenvalue weighted by Gasteiger charge is -2.29. The minimum Gasteiger partial charge on any atom is -0.480 e. The number of imidazole rings is 1. The number of carboxylic acids is 1. The minimum atomic E-state index is -1.93. The average Bonchev–Trinajstić information content (AvgIpc) is 1.72. The van der Waals surface area contributed by atoms with Crippen molar-refractivity contribution in [3.8, 4) is 0 Å². The summed E-state index contributed by atoms with van der Waals surface area (Å²) in [5.74, 6) is -13.3. The van der Waals surface area contributed by atoms with Gasteiger partial charge in [0.1, 0.15) is 66.5 Å². The number of aromatic amines is 3. The van der Waals surface area contributed by atoms with E-state index in [1.165, 1.54) is 31.8 Å². The zero-order valence-electron chi connectivity index (χ0n) is 59.7. The van der Waals surface area contributed by atoms with Crippen molar-refractivity contribution >= 4 is 103 Å². The SMILES string of the molecule is CC(O)C1NC(=O)C(Cc2ccccc2)NC(=O)C(C(C)O)NC(=O)C(CCCCN)NC(=O)C(Cc2c[nH]c3ccccc23)NC(=O)C(Cc2ccccc2)NC(=O)C(Cc2ccccc2)NC(=O)C(Cc2cn[nH]c2)NC(=O)C(Cc2c[nH]cn2)NC(=O)C(N)CSSCC(C(=O)O)NC(=O)C(CO)NC1=O. The van der Waals surface area contributed by atoms with E-state index in [-0.39, 0.29) is 63.7 Å². The molecule has 1 saturated heterocycles. The van der Waals surface area contributed by atoms with Crippen molar-refractivity contribution in [3.63, 3.8) is 0 Å². The number of benzene rings is 4. The van der Waals surface area contributed by atoms with Gasteiger partial charge in [0.05, 0.1) is 43.1 Å². The van der Waals surface area contributed by atoms with Crippen molar-refractivity contribution in [1.82, 2.24) is 83.6 Å². The number of nitrogens with two attached hydrogens (primary N) is 2. The maximum absolute atomic E-state index is 15.4. The summed E-state index contributed by atoms with van der Waals surface area (Å²) in [7, 11) is 1.77. The van der Waals surface area contributed by atoms with E-state index < -0.39 is 168 Å². The highest BCUT2D eigenvalue weighted by Gasteiger charge is 2.39. The highest BCUT2D eigenvalue weighted by Crippen LogP contribution is 2.24. The van der Waals surface area contributed by atoms with Crippen LogP contribution in [0.4, 0.5) is 0 Å². The van der Waals surface area contributed by atoms with Crippen LogP contribution in [0.5, 0.6) is 0 Å². The molecule has 1 fully saturated rings. The Balaban J connectivity index is 1.17. The fourth-order valence-corrected chi connectivity index (χ4v) is 14.0. The number of nitrogens with one attached hydrogen (secondary N) is 14. The third kappa shape index (κ3) is 25.6. The van der Waals surface area contributed by atoms with Gasteiger partial charge in [-0.05, 0) is 73.5 Å². The number of H-pyrrole nitrogens is 3. The first-order valence-electron chi connectivity index (χ1n) is 35.2. The first kappa shape index (κ1) is 83.6. The molecule has 582 valence electrons. The molecule has 22 N–H and O–H groups in total. The molecule has 0 saturated carbocycles. The molecule has 14 unspecified atom stereocenters. The Bertz CT molecular complexity index is 4180. The summed E-state index contributed by atoms with van der Waals surface area (Å²) in [6.45, 7) is 1.31. The topological polar surface area (TPSA) is 543 Å². The predicted molar refractivity (Wildman–Crippen MR) is 402 cm³/mol. The first-order chi connectivity index (χ1) is 52.4. The zero-order valence-corrected chi connectivity index (χ0v) is 61.3. The Labute approximate surface area is 634 Å². The van der Waals surface area contributed by atoms with Gasteiger partial charge in [0, 0.05) is 79.5 Å². The number of fused-ring (bicyclic) bond motifs is 1. The lowest BCUT2D eigenvalue weighted by atomic mass is 10.00. The number of carbonyl (C=O) groups excluding carboxylic acids is 11. The van der Waals surface area contributed by atoms with Gasteiger partial charge < -0.3 is 100 Å². The largest absolute Gasteiger partial charge is 0.480 e. The summed E-state index contributed by atoms with van der Waals surface area (Å²) in [6, 6.07) is 12.9. The van der Waals surface area contributed by atoms with Gasteiger partial charge in [-0.2, -0.15) is 5.10 Å². The second-order valence-corrected chi connectivity index (χ2v) is 28.7. The van der Waals surface area contributed by atoms with Crippen LogP contribution < -0.4 is 70.0 Å². The molecular formula is C73H92N18O16S2. The van der Waals surface area contributed by atoms with E-state index in [0.717, 1.165) is 28.5 Å². The van der Waals surface area contributed by atoms with Gasteiger partial charge in [-0.25, -0.2) is 9.78 Å². The molecule has 0 radical (unpaired) electrons. The third-order valence-electron chi connectivity index (χ3n) is 17.7. The minimum absolute atomic E-state index is 0.125. The van der Waals surface area contributed by atoms with E-state index in [1.54, 1.807) is 121 Å². The number of carboxylic acid groups (broad SMARTS) is 1. The van der Waals surface area contributed by atoms with Crippen LogP contribution in [0.1, 0.15) is 66.6 Å². The molecule has 4 heterocycles. The lowest BCUT2D eigenvalue weighted by molar-refractivity contribution is -0.142. The van der Waals surface area contributed by atoms with Gasteiger partial charge in [-0.15, -0.1) is 0 Å². The molecule has 7 aromatic rings. The molecule has 4 aromatic carbocycles. The number of aliphatic carboxylic acids is 1. The Morgan fingerprint density at radius 1 is 0.477 bits per heavy atom. The molecule has 8 rings (SSSR count). The molecule has 36 heteroatoms. The van der Waals surface area contributed by atoms with Crippen LogP contribution in [0.2, 0.25) is 0 Å². The van der Waals surface area contributed by atoms with E-state index in [2.05, 4.69) is 83.6 Å². The number of amides is 11.